The normalized spacial score (nSPS) is 10.5. The Labute approximate surface area is 135 Å². The van der Waals surface area contributed by atoms with Crippen LogP contribution in [0.15, 0.2) is 0 Å². The molecule has 0 radical (unpaired) electrons. The number of hydrogen-bond acceptors (Lipinski definition) is 2. The molecule has 0 aliphatic rings. The van der Waals surface area contributed by atoms with E-state index in [1.165, 1.54) is 77.0 Å². The molecule has 0 aromatic carbocycles. The SMILES string of the molecule is CCCCCCCCCCCCNC(=[Se])NCCCC. The molecule has 0 atom stereocenters. The molecule has 0 saturated carbocycles. The van der Waals surface area contributed by atoms with Crippen molar-refractivity contribution in [1.82, 2.24) is 10.6 Å². The summed E-state index contributed by atoms with van der Waals surface area (Å²) in [6.45, 7) is 6.67. The fourth-order valence-electron chi connectivity index (χ4n) is 2.26. The third-order valence-corrected chi connectivity index (χ3v) is 4.24. The van der Waals surface area contributed by atoms with Gasteiger partial charge in [-0.3, -0.25) is 0 Å². The molecule has 0 aliphatic heterocycles. The molecule has 2 N–H and O–H groups in total. The topological polar surface area (TPSA) is 24.1 Å². The van der Waals surface area contributed by atoms with Gasteiger partial charge in [-0.15, -0.1) is 0 Å². The molecule has 0 spiro atoms. The second-order valence-electron chi connectivity index (χ2n) is 5.72. The van der Waals surface area contributed by atoms with Crippen molar-refractivity contribution in [2.75, 3.05) is 13.1 Å². The van der Waals surface area contributed by atoms with Gasteiger partial charge in [0.15, 0.2) is 0 Å². The first-order chi connectivity index (χ1) is 9.81. The van der Waals surface area contributed by atoms with Gasteiger partial charge in [0, 0.05) is 0 Å². The molecule has 0 heterocycles. The second kappa shape index (κ2) is 17.0. The van der Waals surface area contributed by atoms with Crippen LogP contribution in [0.4, 0.5) is 0 Å². The van der Waals surface area contributed by atoms with Gasteiger partial charge in [-0.2, -0.15) is 0 Å². The van der Waals surface area contributed by atoms with Gasteiger partial charge in [-0.25, -0.2) is 0 Å². The van der Waals surface area contributed by atoms with E-state index in [4.69, 9.17) is 0 Å². The van der Waals surface area contributed by atoms with Gasteiger partial charge in [-0.1, -0.05) is 13.3 Å². The van der Waals surface area contributed by atoms with E-state index < -0.39 is 0 Å². The van der Waals surface area contributed by atoms with E-state index in [-0.39, 0.29) is 0 Å². The fourth-order valence-corrected chi connectivity index (χ4v) is 2.68. The van der Waals surface area contributed by atoms with Crippen molar-refractivity contribution >= 4 is 20.2 Å². The van der Waals surface area contributed by atoms with E-state index in [2.05, 4.69) is 40.1 Å². The molecule has 0 aliphatic carbocycles. The van der Waals surface area contributed by atoms with Crippen LogP contribution in [0.25, 0.3) is 0 Å². The van der Waals surface area contributed by atoms with Gasteiger partial charge in [0.25, 0.3) is 0 Å². The third-order valence-electron chi connectivity index (χ3n) is 3.63. The van der Waals surface area contributed by atoms with Crippen LogP contribution in [0.5, 0.6) is 0 Å². The summed E-state index contributed by atoms with van der Waals surface area (Å²) in [5.41, 5.74) is 0. The van der Waals surface area contributed by atoms with E-state index in [0.717, 1.165) is 17.8 Å². The zero-order valence-electron chi connectivity index (χ0n) is 13.8. The molecule has 20 heavy (non-hydrogen) atoms. The van der Waals surface area contributed by atoms with Gasteiger partial charge in [-0.05, 0) is 0 Å². The van der Waals surface area contributed by atoms with Crippen LogP contribution in [-0.4, -0.2) is 33.3 Å². The summed E-state index contributed by atoms with van der Waals surface area (Å²) < 4.78 is 1.12. The van der Waals surface area contributed by atoms with Crippen molar-refractivity contribution in [2.45, 2.75) is 90.9 Å². The Kier molecular flexibility index (Phi) is 17.0. The van der Waals surface area contributed by atoms with Gasteiger partial charge in [0.2, 0.25) is 0 Å². The molecular formula is C17H36N2Se. The average Bonchev–Trinajstić information content (AvgIpc) is 2.45. The molecule has 3 heteroatoms. The van der Waals surface area contributed by atoms with E-state index >= 15 is 0 Å². The van der Waals surface area contributed by atoms with Gasteiger partial charge < -0.3 is 0 Å². The Morgan fingerprint density at radius 1 is 0.600 bits per heavy atom. The first kappa shape index (κ1) is 20.0. The summed E-state index contributed by atoms with van der Waals surface area (Å²) in [6, 6.07) is 0. The Morgan fingerprint density at radius 2 is 1.00 bits per heavy atom. The molecule has 0 unspecified atom stereocenters. The molecule has 0 saturated heterocycles. The van der Waals surface area contributed by atoms with Crippen molar-refractivity contribution < 1.29 is 0 Å². The minimum atomic E-state index is 1.07. The summed E-state index contributed by atoms with van der Waals surface area (Å²) in [7, 11) is 0. The van der Waals surface area contributed by atoms with Crippen molar-refractivity contribution in [3.8, 4) is 0 Å². The van der Waals surface area contributed by atoms with Crippen LogP contribution >= 0.6 is 0 Å². The van der Waals surface area contributed by atoms with E-state index in [0.29, 0.717) is 0 Å². The Hall–Kier alpha value is -0.0105. The molecule has 2 nitrogen and oxygen atoms in total. The van der Waals surface area contributed by atoms with Crippen molar-refractivity contribution in [1.29, 1.82) is 0 Å². The predicted molar refractivity (Wildman–Crippen MR) is 93.5 cm³/mol. The third kappa shape index (κ3) is 16.0. The predicted octanol–water partition coefficient (Wildman–Crippen LogP) is 4.14. The molecule has 0 rings (SSSR count). The van der Waals surface area contributed by atoms with Crippen LogP contribution in [0.2, 0.25) is 0 Å². The molecule has 0 fully saturated rings. The number of rotatable bonds is 16. The summed E-state index contributed by atoms with van der Waals surface area (Å²) >= 11 is 3.07. The Bertz CT molecular complexity index is 207. The number of unbranched alkanes of at least 4 members (excludes halogenated alkanes) is 10. The minimum absolute atomic E-state index is 1.07. The van der Waals surface area contributed by atoms with Gasteiger partial charge >= 0.3 is 122 Å². The molecule has 0 aromatic heterocycles. The Morgan fingerprint density at radius 3 is 1.50 bits per heavy atom. The molecule has 0 amide bonds. The summed E-state index contributed by atoms with van der Waals surface area (Å²) in [4.78, 5) is 0. The van der Waals surface area contributed by atoms with E-state index in [1.807, 2.05) is 0 Å². The maximum atomic E-state index is 3.42. The summed E-state index contributed by atoms with van der Waals surface area (Å²) in [5.74, 6) is 0. The first-order valence-corrected chi connectivity index (χ1v) is 9.68. The van der Waals surface area contributed by atoms with E-state index in [1.54, 1.807) is 0 Å². The number of nitrogens with one attached hydrogen (secondary N) is 2. The van der Waals surface area contributed by atoms with Crippen molar-refractivity contribution in [2.24, 2.45) is 0 Å². The zero-order valence-corrected chi connectivity index (χ0v) is 15.5. The summed E-state index contributed by atoms with van der Waals surface area (Å²) in [6.07, 6.45) is 16.5. The van der Waals surface area contributed by atoms with Crippen LogP contribution in [0.3, 0.4) is 0 Å². The van der Waals surface area contributed by atoms with Crippen LogP contribution < -0.4 is 10.6 Å². The summed E-state index contributed by atoms with van der Waals surface area (Å²) in [5, 5.41) is 6.79. The first-order valence-electron chi connectivity index (χ1n) is 8.83. The fraction of sp³-hybridized carbons (Fsp3) is 0.941. The zero-order chi connectivity index (χ0) is 14.9. The average molecular weight is 347 g/mol. The second-order valence-corrected chi connectivity index (χ2v) is 6.57. The molecule has 120 valence electrons. The van der Waals surface area contributed by atoms with Gasteiger partial charge in [0.05, 0.1) is 0 Å². The monoisotopic (exact) mass is 348 g/mol. The van der Waals surface area contributed by atoms with Crippen LogP contribution in [-0.2, 0) is 0 Å². The molecule has 0 aromatic rings. The number of hydrogen-bond donors (Lipinski definition) is 2. The molecular weight excluding hydrogens is 311 g/mol. The van der Waals surface area contributed by atoms with Gasteiger partial charge in [0.1, 0.15) is 0 Å². The quantitative estimate of drug-likeness (QED) is 0.324. The van der Waals surface area contributed by atoms with Crippen molar-refractivity contribution in [3.05, 3.63) is 0 Å². The van der Waals surface area contributed by atoms with Crippen LogP contribution in [0, 0.1) is 0 Å². The maximum absolute atomic E-state index is 3.42. The van der Waals surface area contributed by atoms with Crippen LogP contribution in [0.1, 0.15) is 90.9 Å². The van der Waals surface area contributed by atoms with E-state index in [9.17, 15) is 0 Å². The standard InChI is InChI=1S/C17H36N2Se/c1-3-5-7-8-9-10-11-12-13-14-16-19-17(20)18-15-6-4-2/h3-16H2,1-2H3,(H2,18,19,20). The molecule has 0 bridgehead atoms. The Balaban J connectivity index is 3.07. The van der Waals surface area contributed by atoms with Crippen molar-refractivity contribution in [3.63, 3.8) is 0 Å².